The van der Waals surface area contributed by atoms with Crippen LogP contribution in [0.4, 0.5) is 0 Å². The number of aromatic nitrogens is 2. The first kappa shape index (κ1) is 12.7. The zero-order chi connectivity index (χ0) is 13.0. The third kappa shape index (κ3) is 3.16. The van der Waals surface area contributed by atoms with Gasteiger partial charge in [-0.05, 0) is 38.5 Å². The standard InChI is InChI=1S/C16H20N2/c1-4-5-6-16-17-8-7-15(18-16)14-10-12(2)9-13(3)11-14/h7-11H,4-6H2,1-3H3. The molecule has 0 fully saturated rings. The number of nitrogens with zero attached hydrogens (tertiary/aromatic N) is 2. The van der Waals surface area contributed by atoms with E-state index in [2.05, 4.69) is 48.9 Å². The Morgan fingerprint density at radius 1 is 1.06 bits per heavy atom. The van der Waals surface area contributed by atoms with Crippen molar-refractivity contribution in [1.82, 2.24) is 9.97 Å². The van der Waals surface area contributed by atoms with Gasteiger partial charge in [-0.25, -0.2) is 9.97 Å². The first-order valence-electron chi connectivity index (χ1n) is 6.59. The average Bonchev–Trinajstić information content (AvgIpc) is 2.35. The van der Waals surface area contributed by atoms with Crippen molar-refractivity contribution in [3.05, 3.63) is 47.4 Å². The molecule has 2 nitrogen and oxygen atoms in total. The largest absolute Gasteiger partial charge is 0.241 e. The first-order chi connectivity index (χ1) is 8.69. The summed E-state index contributed by atoms with van der Waals surface area (Å²) in [6, 6.07) is 8.53. The molecule has 0 spiro atoms. The number of unbranched alkanes of at least 4 members (excludes halogenated alkanes) is 1. The number of hydrogen-bond donors (Lipinski definition) is 0. The molecular formula is C16H20N2. The van der Waals surface area contributed by atoms with E-state index in [4.69, 9.17) is 0 Å². The van der Waals surface area contributed by atoms with Crippen molar-refractivity contribution in [1.29, 1.82) is 0 Å². The van der Waals surface area contributed by atoms with Crippen molar-refractivity contribution in [3.8, 4) is 11.3 Å². The summed E-state index contributed by atoms with van der Waals surface area (Å²) in [5.41, 5.74) is 4.77. The van der Waals surface area contributed by atoms with E-state index >= 15 is 0 Å². The zero-order valence-corrected chi connectivity index (χ0v) is 11.4. The van der Waals surface area contributed by atoms with Gasteiger partial charge in [-0.2, -0.15) is 0 Å². The summed E-state index contributed by atoms with van der Waals surface area (Å²) in [7, 11) is 0. The van der Waals surface area contributed by atoms with Crippen molar-refractivity contribution < 1.29 is 0 Å². The predicted molar refractivity (Wildman–Crippen MR) is 75.6 cm³/mol. The van der Waals surface area contributed by atoms with Crippen molar-refractivity contribution in [2.45, 2.75) is 40.0 Å². The summed E-state index contributed by atoms with van der Waals surface area (Å²) in [5, 5.41) is 0. The zero-order valence-electron chi connectivity index (χ0n) is 11.4. The van der Waals surface area contributed by atoms with Crippen molar-refractivity contribution in [2.75, 3.05) is 0 Å². The van der Waals surface area contributed by atoms with Gasteiger partial charge < -0.3 is 0 Å². The molecule has 0 saturated carbocycles. The fourth-order valence-corrected chi connectivity index (χ4v) is 2.14. The lowest BCUT2D eigenvalue weighted by molar-refractivity contribution is 0.753. The van der Waals surface area contributed by atoms with Gasteiger partial charge in [0.1, 0.15) is 5.82 Å². The minimum atomic E-state index is 0.952. The smallest absolute Gasteiger partial charge is 0.128 e. The topological polar surface area (TPSA) is 25.8 Å². The molecule has 2 rings (SSSR count). The molecule has 0 unspecified atom stereocenters. The van der Waals surface area contributed by atoms with Crippen LogP contribution in [-0.4, -0.2) is 9.97 Å². The lowest BCUT2D eigenvalue weighted by Crippen LogP contribution is -1.96. The van der Waals surface area contributed by atoms with Crippen molar-refractivity contribution >= 4 is 0 Å². The van der Waals surface area contributed by atoms with Crippen LogP contribution in [0.5, 0.6) is 0 Å². The summed E-state index contributed by atoms with van der Waals surface area (Å²) in [4.78, 5) is 8.99. The SMILES string of the molecule is CCCCc1nccc(-c2cc(C)cc(C)c2)n1. The highest BCUT2D eigenvalue weighted by Crippen LogP contribution is 2.20. The van der Waals surface area contributed by atoms with Gasteiger partial charge in [0.2, 0.25) is 0 Å². The lowest BCUT2D eigenvalue weighted by Gasteiger charge is -2.06. The maximum Gasteiger partial charge on any atom is 0.128 e. The van der Waals surface area contributed by atoms with E-state index in [9.17, 15) is 0 Å². The second kappa shape index (κ2) is 5.76. The summed E-state index contributed by atoms with van der Waals surface area (Å²) in [6.07, 6.45) is 5.16. The Kier molecular flexibility index (Phi) is 4.08. The average molecular weight is 240 g/mol. The minimum absolute atomic E-state index is 0.952. The van der Waals surface area contributed by atoms with Gasteiger partial charge in [-0.3, -0.25) is 0 Å². The Bertz CT molecular complexity index is 512. The molecule has 0 radical (unpaired) electrons. The summed E-state index contributed by atoms with van der Waals surface area (Å²) < 4.78 is 0. The third-order valence-electron chi connectivity index (χ3n) is 2.98. The molecule has 1 heterocycles. The maximum atomic E-state index is 4.65. The van der Waals surface area contributed by atoms with E-state index in [1.165, 1.54) is 23.1 Å². The molecule has 0 amide bonds. The molecule has 94 valence electrons. The maximum absolute atomic E-state index is 4.65. The Morgan fingerprint density at radius 3 is 2.44 bits per heavy atom. The molecule has 0 atom stereocenters. The van der Waals surface area contributed by atoms with Crippen LogP contribution in [0.2, 0.25) is 0 Å². The molecule has 0 N–H and O–H groups in total. The monoisotopic (exact) mass is 240 g/mol. The predicted octanol–water partition coefficient (Wildman–Crippen LogP) is 4.10. The Balaban J connectivity index is 2.32. The molecule has 2 aromatic rings. The first-order valence-corrected chi connectivity index (χ1v) is 6.59. The van der Waals surface area contributed by atoms with Crippen LogP contribution in [-0.2, 0) is 6.42 Å². The van der Waals surface area contributed by atoms with E-state index in [1.54, 1.807) is 0 Å². The van der Waals surface area contributed by atoms with Crippen LogP contribution < -0.4 is 0 Å². The Morgan fingerprint density at radius 2 is 1.78 bits per heavy atom. The van der Waals surface area contributed by atoms with E-state index in [0.29, 0.717) is 0 Å². The molecule has 2 heteroatoms. The van der Waals surface area contributed by atoms with Gasteiger partial charge in [0.25, 0.3) is 0 Å². The van der Waals surface area contributed by atoms with Crippen molar-refractivity contribution in [3.63, 3.8) is 0 Å². The summed E-state index contributed by atoms with van der Waals surface area (Å²) >= 11 is 0. The van der Waals surface area contributed by atoms with Gasteiger partial charge in [0, 0.05) is 18.2 Å². The molecule has 0 saturated heterocycles. The Labute approximate surface area is 109 Å². The molecule has 1 aromatic carbocycles. The van der Waals surface area contributed by atoms with Crippen LogP contribution in [0.3, 0.4) is 0 Å². The van der Waals surface area contributed by atoms with E-state index in [-0.39, 0.29) is 0 Å². The third-order valence-corrected chi connectivity index (χ3v) is 2.98. The van der Waals surface area contributed by atoms with Gasteiger partial charge in [0.15, 0.2) is 0 Å². The molecule has 0 aliphatic heterocycles. The summed E-state index contributed by atoms with van der Waals surface area (Å²) in [6.45, 7) is 6.43. The highest BCUT2D eigenvalue weighted by molar-refractivity contribution is 5.60. The number of rotatable bonds is 4. The van der Waals surface area contributed by atoms with E-state index < -0.39 is 0 Å². The van der Waals surface area contributed by atoms with Gasteiger partial charge in [-0.15, -0.1) is 0 Å². The number of hydrogen-bond acceptors (Lipinski definition) is 2. The highest BCUT2D eigenvalue weighted by atomic mass is 14.9. The van der Waals surface area contributed by atoms with Crippen LogP contribution >= 0.6 is 0 Å². The summed E-state index contributed by atoms with van der Waals surface area (Å²) in [5.74, 6) is 0.952. The van der Waals surface area contributed by atoms with Gasteiger partial charge >= 0.3 is 0 Å². The molecule has 1 aromatic heterocycles. The Hall–Kier alpha value is -1.70. The van der Waals surface area contributed by atoms with Gasteiger partial charge in [0.05, 0.1) is 5.69 Å². The van der Waals surface area contributed by atoms with Crippen LogP contribution in [0.1, 0.15) is 36.7 Å². The highest BCUT2D eigenvalue weighted by Gasteiger charge is 2.03. The number of aryl methyl sites for hydroxylation is 3. The second-order valence-electron chi connectivity index (χ2n) is 4.84. The number of benzene rings is 1. The molecular weight excluding hydrogens is 220 g/mol. The minimum Gasteiger partial charge on any atom is -0.241 e. The molecule has 0 aliphatic rings. The lowest BCUT2D eigenvalue weighted by atomic mass is 10.0. The van der Waals surface area contributed by atoms with E-state index in [0.717, 1.165) is 24.4 Å². The fraction of sp³-hybridized carbons (Fsp3) is 0.375. The van der Waals surface area contributed by atoms with Crippen LogP contribution in [0, 0.1) is 13.8 Å². The second-order valence-corrected chi connectivity index (χ2v) is 4.84. The molecule has 18 heavy (non-hydrogen) atoms. The normalized spacial score (nSPS) is 10.6. The van der Waals surface area contributed by atoms with Crippen LogP contribution in [0.25, 0.3) is 11.3 Å². The molecule has 0 bridgehead atoms. The molecule has 0 aliphatic carbocycles. The fourth-order valence-electron chi connectivity index (χ4n) is 2.14. The van der Waals surface area contributed by atoms with Crippen LogP contribution in [0.15, 0.2) is 30.5 Å². The van der Waals surface area contributed by atoms with E-state index in [1.807, 2.05) is 12.3 Å². The van der Waals surface area contributed by atoms with Gasteiger partial charge in [-0.1, -0.05) is 30.5 Å². The van der Waals surface area contributed by atoms with Crippen molar-refractivity contribution in [2.24, 2.45) is 0 Å². The quantitative estimate of drug-likeness (QED) is 0.804.